The molecule has 0 unspecified atom stereocenters. The maximum atomic E-state index is 12.2. The summed E-state index contributed by atoms with van der Waals surface area (Å²) in [6.45, 7) is 6.17. The number of nitrogens with two attached hydrogens (primary N) is 1. The summed E-state index contributed by atoms with van der Waals surface area (Å²) in [7, 11) is 0. The SMILES string of the molecule is CC(C)CN1CCN(c2nnc(Cl)cc2C(N)=O)CC1=O. The molecule has 1 aliphatic heterocycles. The highest BCUT2D eigenvalue weighted by molar-refractivity contribution is 6.29. The molecule has 8 heteroatoms. The Labute approximate surface area is 128 Å². The molecule has 2 heterocycles. The van der Waals surface area contributed by atoms with Gasteiger partial charge in [-0.3, -0.25) is 9.59 Å². The molecule has 2 rings (SSSR count). The third-order valence-electron chi connectivity index (χ3n) is 3.21. The van der Waals surface area contributed by atoms with Gasteiger partial charge in [0.15, 0.2) is 11.0 Å². The van der Waals surface area contributed by atoms with Crippen LogP contribution in [-0.4, -0.2) is 53.1 Å². The van der Waals surface area contributed by atoms with Crippen molar-refractivity contribution >= 4 is 29.2 Å². The Kier molecular flexibility index (Phi) is 4.62. The molecule has 2 amide bonds. The Hall–Kier alpha value is -1.89. The van der Waals surface area contributed by atoms with Crippen LogP contribution in [0.25, 0.3) is 0 Å². The van der Waals surface area contributed by atoms with Gasteiger partial charge in [-0.2, -0.15) is 0 Å². The molecule has 1 aliphatic rings. The van der Waals surface area contributed by atoms with E-state index >= 15 is 0 Å². The lowest BCUT2D eigenvalue weighted by molar-refractivity contribution is -0.131. The Morgan fingerprint density at radius 1 is 1.43 bits per heavy atom. The number of carbonyl (C=O) groups excluding carboxylic acids is 2. The summed E-state index contributed by atoms with van der Waals surface area (Å²) < 4.78 is 0. The largest absolute Gasteiger partial charge is 0.365 e. The number of nitrogens with zero attached hydrogens (tertiary/aromatic N) is 4. The Morgan fingerprint density at radius 2 is 2.14 bits per heavy atom. The van der Waals surface area contributed by atoms with Crippen molar-refractivity contribution in [2.24, 2.45) is 11.7 Å². The van der Waals surface area contributed by atoms with Crippen LogP contribution in [0.15, 0.2) is 6.07 Å². The van der Waals surface area contributed by atoms with Crippen LogP contribution in [0.2, 0.25) is 5.15 Å². The second kappa shape index (κ2) is 6.26. The van der Waals surface area contributed by atoms with Gasteiger partial charge in [-0.1, -0.05) is 25.4 Å². The molecule has 1 fully saturated rings. The Balaban J connectivity index is 2.18. The zero-order chi connectivity index (χ0) is 15.6. The van der Waals surface area contributed by atoms with E-state index < -0.39 is 5.91 Å². The lowest BCUT2D eigenvalue weighted by atomic mass is 10.1. The average molecular weight is 312 g/mol. The van der Waals surface area contributed by atoms with Gasteiger partial charge in [0.05, 0.1) is 12.1 Å². The number of amides is 2. The smallest absolute Gasteiger partial charge is 0.252 e. The monoisotopic (exact) mass is 311 g/mol. The molecule has 0 aliphatic carbocycles. The number of anilines is 1. The number of hydrogen-bond acceptors (Lipinski definition) is 5. The van der Waals surface area contributed by atoms with Crippen LogP contribution in [-0.2, 0) is 4.79 Å². The molecular weight excluding hydrogens is 294 g/mol. The zero-order valence-corrected chi connectivity index (χ0v) is 12.8. The molecular formula is C13H18ClN5O2. The maximum Gasteiger partial charge on any atom is 0.252 e. The summed E-state index contributed by atoms with van der Waals surface area (Å²) in [5.74, 6) is 0.0856. The van der Waals surface area contributed by atoms with E-state index in [1.54, 1.807) is 4.90 Å². The molecule has 0 bridgehead atoms. The first-order valence-electron chi connectivity index (χ1n) is 6.74. The second-order valence-electron chi connectivity index (χ2n) is 5.42. The van der Waals surface area contributed by atoms with E-state index in [1.165, 1.54) is 6.07 Å². The zero-order valence-electron chi connectivity index (χ0n) is 12.0. The highest BCUT2D eigenvalue weighted by atomic mass is 35.5. The molecule has 7 nitrogen and oxygen atoms in total. The summed E-state index contributed by atoms with van der Waals surface area (Å²) in [4.78, 5) is 27.2. The molecule has 21 heavy (non-hydrogen) atoms. The minimum absolute atomic E-state index is 0.00196. The molecule has 0 radical (unpaired) electrons. The van der Waals surface area contributed by atoms with Crippen LogP contribution >= 0.6 is 11.6 Å². The summed E-state index contributed by atoms with van der Waals surface area (Å²) in [6, 6.07) is 1.37. The minimum atomic E-state index is -0.640. The third kappa shape index (κ3) is 3.60. The van der Waals surface area contributed by atoms with E-state index in [0.717, 1.165) is 6.54 Å². The lowest BCUT2D eigenvalue weighted by Crippen LogP contribution is -2.52. The average Bonchev–Trinajstić information content (AvgIpc) is 2.40. The number of primary amides is 1. The first-order chi connectivity index (χ1) is 9.88. The topological polar surface area (TPSA) is 92.4 Å². The summed E-state index contributed by atoms with van der Waals surface area (Å²) in [5, 5.41) is 7.74. The molecule has 2 N–H and O–H groups in total. The van der Waals surface area contributed by atoms with Crippen molar-refractivity contribution in [3.05, 3.63) is 16.8 Å². The summed E-state index contributed by atoms with van der Waals surface area (Å²) in [5.41, 5.74) is 5.51. The van der Waals surface area contributed by atoms with Gasteiger partial charge in [0, 0.05) is 19.6 Å². The van der Waals surface area contributed by atoms with Crippen LogP contribution in [0.1, 0.15) is 24.2 Å². The minimum Gasteiger partial charge on any atom is -0.365 e. The number of aromatic nitrogens is 2. The van der Waals surface area contributed by atoms with Crippen molar-refractivity contribution in [1.29, 1.82) is 0 Å². The van der Waals surface area contributed by atoms with Gasteiger partial charge in [-0.25, -0.2) is 0 Å². The maximum absolute atomic E-state index is 12.2. The third-order valence-corrected chi connectivity index (χ3v) is 3.40. The number of piperazine rings is 1. The number of carbonyl (C=O) groups is 2. The number of rotatable bonds is 4. The number of halogens is 1. The lowest BCUT2D eigenvalue weighted by Gasteiger charge is -2.36. The van der Waals surface area contributed by atoms with Crippen LogP contribution in [0.4, 0.5) is 5.82 Å². The highest BCUT2D eigenvalue weighted by Crippen LogP contribution is 2.21. The fourth-order valence-corrected chi connectivity index (χ4v) is 2.45. The number of hydrogen-bond donors (Lipinski definition) is 1. The second-order valence-corrected chi connectivity index (χ2v) is 5.81. The van der Waals surface area contributed by atoms with Gasteiger partial charge in [-0.05, 0) is 12.0 Å². The molecule has 0 atom stereocenters. The van der Waals surface area contributed by atoms with E-state index in [0.29, 0.717) is 24.8 Å². The molecule has 1 aromatic heterocycles. The Morgan fingerprint density at radius 3 is 2.71 bits per heavy atom. The molecule has 114 valence electrons. The van der Waals surface area contributed by atoms with E-state index in [2.05, 4.69) is 24.0 Å². The van der Waals surface area contributed by atoms with Gasteiger partial charge in [0.25, 0.3) is 5.91 Å². The molecule has 0 aromatic carbocycles. The molecule has 0 spiro atoms. The van der Waals surface area contributed by atoms with Crippen molar-refractivity contribution in [2.75, 3.05) is 31.1 Å². The normalized spacial score (nSPS) is 15.7. The van der Waals surface area contributed by atoms with E-state index in [1.807, 2.05) is 4.90 Å². The van der Waals surface area contributed by atoms with Crippen molar-refractivity contribution in [1.82, 2.24) is 15.1 Å². The Bertz CT molecular complexity index is 563. The van der Waals surface area contributed by atoms with Crippen molar-refractivity contribution in [3.63, 3.8) is 0 Å². The standard InChI is InChI=1S/C13H18ClN5O2/c1-8(2)6-18-3-4-19(7-11(18)20)13-9(12(15)21)5-10(14)16-17-13/h5,8H,3-4,6-7H2,1-2H3,(H2,15,21). The van der Waals surface area contributed by atoms with Gasteiger partial charge in [-0.15, -0.1) is 10.2 Å². The first kappa shape index (κ1) is 15.5. The highest BCUT2D eigenvalue weighted by Gasteiger charge is 2.27. The quantitative estimate of drug-likeness (QED) is 0.876. The fourth-order valence-electron chi connectivity index (χ4n) is 2.30. The van der Waals surface area contributed by atoms with Crippen LogP contribution in [0.5, 0.6) is 0 Å². The van der Waals surface area contributed by atoms with Gasteiger partial charge in [0.2, 0.25) is 5.91 Å². The molecule has 0 saturated carbocycles. The van der Waals surface area contributed by atoms with Crippen molar-refractivity contribution in [3.8, 4) is 0 Å². The predicted octanol–water partition coefficient (Wildman–Crippen LogP) is 0.534. The van der Waals surface area contributed by atoms with Gasteiger partial charge >= 0.3 is 0 Å². The van der Waals surface area contributed by atoms with Crippen LogP contribution < -0.4 is 10.6 Å². The van der Waals surface area contributed by atoms with E-state index in [9.17, 15) is 9.59 Å². The van der Waals surface area contributed by atoms with Crippen molar-refractivity contribution < 1.29 is 9.59 Å². The predicted molar refractivity (Wildman–Crippen MR) is 79.2 cm³/mol. The first-order valence-corrected chi connectivity index (χ1v) is 7.12. The fraction of sp³-hybridized carbons (Fsp3) is 0.538. The van der Waals surface area contributed by atoms with Gasteiger partial charge < -0.3 is 15.5 Å². The van der Waals surface area contributed by atoms with Crippen LogP contribution in [0.3, 0.4) is 0 Å². The molecule has 1 saturated heterocycles. The van der Waals surface area contributed by atoms with Gasteiger partial charge in [0.1, 0.15) is 0 Å². The summed E-state index contributed by atoms with van der Waals surface area (Å²) >= 11 is 5.73. The molecule has 1 aromatic rings. The van der Waals surface area contributed by atoms with Crippen molar-refractivity contribution in [2.45, 2.75) is 13.8 Å². The van der Waals surface area contributed by atoms with E-state index in [4.69, 9.17) is 17.3 Å². The van der Waals surface area contributed by atoms with E-state index in [-0.39, 0.29) is 23.2 Å². The van der Waals surface area contributed by atoms with Crippen LogP contribution in [0, 0.1) is 5.92 Å². The summed E-state index contributed by atoms with van der Waals surface area (Å²) in [6.07, 6.45) is 0.